The summed E-state index contributed by atoms with van der Waals surface area (Å²) in [5.41, 5.74) is 0. The molecule has 0 atom stereocenters. The van der Waals surface area contributed by atoms with E-state index in [0.717, 1.165) is 12.5 Å². The van der Waals surface area contributed by atoms with Crippen LogP contribution in [0.3, 0.4) is 0 Å². The third-order valence-electron chi connectivity index (χ3n) is 4.39. The van der Waals surface area contributed by atoms with E-state index in [4.69, 9.17) is 34.8 Å². The molecule has 23 heavy (non-hydrogen) atoms. The molecule has 0 aliphatic heterocycles. The molecule has 0 rings (SSSR count). The molecule has 0 nitrogen and oxygen atoms in total. The highest BCUT2D eigenvalue weighted by molar-refractivity contribution is 6.67. The maximum absolute atomic E-state index is 5.73. The molecule has 0 aliphatic carbocycles. The Hall–Kier alpha value is 1.09. The third-order valence-corrected chi connectivity index (χ3v) is 5.31. The Morgan fingerprint density at radius 1 is 0.435 bits per heavy atom. The summed E-state index contributed by atoms with van der Waals surface area (Å²) < 4.78 is -1.05. The molecule has 0 heterocycles. The molecule has 0 saturated heterocycles. The number of halogens is 3. The number of hydrogen-bond acceptors (Lipinski definition) is 0. The predicted molar refractivity (Wildman–Crippen MR) is 109 cm³/mol. The van der Waals surface area contributed by atoms with Gasteiger partial charge in [0.15, 0.2) is 3.79 Å². The fourth-order valence-corrected chi connectivity index (χ4v) is 3.58. The molecule has 0 amide bonds. The third kappa shape index (κ3) is 23.1. The van der Waals surface area contributed by atoms with Crippen LogP contribution in [0.2, 0.25) is 6.04 Å². The van der Waals surface area contributed by atoms with Gasteiger partial charge in [-0.3, -0.25) is 0 Å². The van der Waals surface area contributed by atoms with Gasteiger partial charge in [-0.25, -0.2) is 0 Å². The Kier molecular flexibility index (Phi) is 18.7. The lowest BCUT2D eigenvalue weighted by Gasteiger charge is -2.09. The maximum Gasteiger partial charge on any atom is 0.190 e. The fourth-order valence-electron chi connectivity index (χ4n) is 2.93. The summed E-state index contributed by atoms with van der Waals surface area (Å²) in [7, 11) is 3.53. The molecule has 3 radical (unpaired) electrons. The highest BCUT2D eigenvalue weighted by Crippen LogP contribution is 2.32. The molecular formula is C19H36Cl3Si. The largest absolute Gasteiger partial charge is 0.190 e. The molecule has 0 unspecified atom stereocenters. The van der Waals surface area contributed by atoms with Crippen LogP contribution in [0.25, 0.3) is 0 Å². The van der Waals surface area contributed by atoms with Crippen LogP contribution < -0.4 is 0 Å². The van der Waals surface area contributed by atoms with Gasteiger partial charge in [0.2, 0.25) is 0 Å². The first-order valence-corrected chi connectivity index (χ1v) is 11.6. The standard InChI is InChI=1S/C19H36Cl3Si/c20-19(21,22)17-15-13-11-9-7-5-3-1-2-4-6-8-10-12-14-16-18-23/h1-18H2. The van der Waals surface area contributed by atoms with E-state index in [1.54, 1.807) is 0 Å². The van der Waals surface area contributed by atoms with Gasteiger partial charge in [0.25, 0.3) is 0 Å². The minimum atomic E-state index is -1.05. The molecule has 0 bridgehead atoms. The van der Waals surface area contributed by atoms with E-state index in [2.05, 4.69) is 10.2 Å². The number of rotatable bonds is 17. The zero-order chi connectivity index (χ0) is 17.2. The second-order valence-corrected chi connectivity index (χ2v) is 9.79. The van der Waals surface area contributed by atoms with Crippen molar-refractivity contribution in [1.82, 2.24) is 0 Å². The fraction of sp³-hybridized carbons (Fsp3) is 1.00. The van der Waals surface area contributed by atoms with Crippen LogP contribution in [0.5, 0.6) is 0 Å². The molecule has 4 heteroatoms. The second kappa shape index (κ2) is 17.9. The summed E-state index contributed by atoms with van der Waals surface area (Å²) in [5, 5.41) is 0. The Bertz CT molecular complexity index is 229. The van der Waals surface area contributed by atoms with E-state index < -0.39 is 3.79 Å². The lowest BCUT2D eigenvalue weighted by molar-refractivity contribution is 0.527. The Balaban J connectivity index is 3.00. The second-order valence-electron chi connectivity index (χ2n) is 6.77. The van der Waals surface area contributed by atoms with E-state index >= 15 is 0 Å². The van der Waals surface area contributed by atoms with Crippen LogP contribution in [0.4, 0.5) is 0 Å². The van der Waals surface area contributed by atoms with Gasteiger partial charge in [-0.15, -0.1) is 0 Å². The van der Waals surface area contributed by atoms with Gasteiger partial charge in [0.1, 0.15) is 0 Å². The van der Waals surface area contributed by atoms with Crippen LogP contribution in [0, 0.1) is 0 Å². The van der Waals surface area contributed by atoms with Gasteiger partial charge in [-0.05, 0) is 12.8 Å². The quantitative estimate of drug-likeness (QED) is 0.131. The summed E-state index contributed by atoms with van der Waals surface area (Å²) in [6.45, 7) is 0. The zero-order valence-electron chi connectivity index (χ0n) is 14.9. The van der Waals surface area contributed by atoms with Crippen molar-refractivity contribution in [3.8, 4) is 0 Å². The SMILES string of the molecule is [Si]CCCCCCCCCCCCCCCCCCC(Cl)(Cl)Cl. The van der Waals surface area contributed by atoms with E-state index in [9.17, 15) is 0 Å². The molecule has 137 valence electrons. The van der Waals surface area contributed by atoms with Crippen LogP contribution in [0.1, 0.15) is 109 Å². The van der Waals surface area contributed by atoms with Gasteiger partial charge in [0, 0.05) is 10.2 Å². The average Bonchev–Trinajstić information content (AvgIpc) is 2.49. The Labute approximate surface area is 163 Å². The topological polar surface area (TPSA) is 0 Å². The van der Waals surface area contributed by atoms with Crippen molar-refractivity contribution in [3.63, 3.8) is 0 Å². The maximum atomic E-state index is 5.73. The van der Waals surface area contributed by atoms with Crippen molar-refractivity contribution in [1.29, 1.82) is 0 Å². The molecule has 0 N–H and O–H groups in total. The summed E-state index contributed by atoms with van der Waals surface area (Å²) >= 11 is 17.2. The smallest absolute Gasteiger partial charge is 0.0837 e. The van der Waals surface area contributed by atoms with E-state index in [-0.39, 0.29) is 0 Å². The van der Waals surface area contributed by atoms with Crippen molar-refractivity contribution in [3.05, 3.63) is 0 Å². The first-order valence-electron chi connectivity index (χ1n) is 9.77. The highest BCUT2D eigenvalue weighted by atomic mass is 35.6. The molecule has 0 aromatic heterocycles. The van der Waals surface area contributed by atoms with Crippen molar-refractivity contribution >= 4 is 45.0 Å². The van der Waals surface area contributed by atoms with Crippen molar-refractivity contribution in [2.24, 2.45) is 0 Å². The lowest BCUT2D eigenvalue weighted by atomic mass is 10.0. The van der Waals surface area contributed by atoms with Gasteiger partial charge in [-0.2, -0.15) is 0 Å². The molecule has 0 aliphatic rings. The van der Waals surface area contributed by atoms with Crippen LogP contribution in [-0.2, 0) is 0 Å². The van der Waals surface area contributed by atoms with Crippen LogP contribution in [0.15, 0.2) is 0 Å². The summed E-state index contributed by atoms with van der Waals surface area (Å²) in [6.07, 6.45) is 22.5. The highest BCUT2D eigenvalue weighted by Gasteiger charge is 2.17. The summed E-state index contributed by atoms with van der Waals surface area (Å²) in [5.74, 6) is 0. The lowest BCUT2D eigenvalue weighted by Crippen LogP contribution is -2.00. The van der Waals surface area contributed by atoms with Gasteiger partial charge in [0.05, 0.1) is 0 Å². The first-order chi connectivity index (χ1) is 11.1. The Morgan fingerprint density at radius 3 is 0.957 bits per heavy atom. The molecule has 0 saturated carbocycles. The molecule has 0 spiro atoms. The first kappa shape index (κ1) is 24.1. The molecule has 0 aromatic rings. The van der Waals surface area contributed by atoms with E-state index in [1.165, 1.54) is 96.3 Å². The van der Waals surface area contributed by atoms with E-state index in [0.29, 0.717) is 6.42 Å². The minimum absolute atomic E-state index is 0.689. The van der Waals surface area contributed by atoms with Crippen LogP contribution in [-0.4, -0.2) is 14.0 Å². The zero-order valence-corrected chi connectivity index (χ0v) is 18.1. The van der Waals surface area contributed by atoms with E-state index in [1.807, 2.05) is 0 Å². The molecule has 0 aromatic carbocycles. The average molecular weight is 399 g/mol. The van der Waals surface area contributed by atoms with Crippen molar-refractivity contribution in [2.45, 2.75) is 119 Å². The normalized spacial score (nSPS) is 12.0. The van der Waals surface area contributed by atoms with Crippen molar-refractivity contribution < 1.29 is 0 Å². The number of hydrogen-bond donors (Lipinski definition) is 0. The summed E-state index contributed by atoms with van der Waals surface area (Å²) in [4.78, 5) is 0. The molecular weight excluding hydrogens is 363 g/mol. The van der Waals surface area contributed by atoms with Gasteiger partial charge < -0.3 is 0 Å². The minimum Gasteiger partial charge on any atom is -0.0837 e. The van der Waals surface area contributed by atoms with Crippen molar-refractivity contribution in [2.75, 3.05) is 0 Å². The number of alkyl halides is 3. The summed E-state index contributed by atoms with van der Waals surface area (Å²) in [6, 6.07) is 1.16. The predicted octanol–water partition coefficient (Wildman–Crippen LogP) is 8.58. The molecule has 0 fully saturated rings. The monoisotopic (exact) mass is 397 g/mol. The van der Waals surface area contributed by atoms with Crippen LogP contribution >= 0.6 is 34.8 Å². The van der Waals surface area contributed by atoms with Gasteiger partial charge >= 0.3 is 0 Å². The number of unbranched alkanes of at least 4 members (excludes halogenated alkanes) is 15. The Morgan fingerprint density at radius 2 is 0.696 bits per heavy atom. The van der Waals surface area contributed by atoms with Gasteiger partial charge in [-0.1, -0.05) is 137 Å².